The second-order valence-electron chi connectivity index (χ2n) is 6.82. The molecule has 10 heteroatoms. The van der Waals surface area contributed by atoms with Gasteiger partial charge in [-0.1, -0.05) is 72.8 Å². The molecule has 0 saturated carbocycles. The predicted octanol–water partition coefficient (Wildman–Crippen LogP) is 2.53. The molecule has 0 atom stereocenters. The molecule has 4 aromatic rings. The van der Waals surface area contributed by atoms with Crippen LogP contribution in [0.3, 0.4) is 0 Å². The third-order valence-corrected chi connectivity index (χ3v) is 6.63. The highest BCUT2D eigenvalue weighted by atomic mass is 32.2. The molecule has 0 aliphatic rings. The fraction of sp³-hybridized carbons (Fsp3) is 0. The molecule has 0 aliphatic heterocycles. The molecule has 0 radical (unpaired) electrons. The second-order valence-corrected chi connectivity index (χ2v) is 9.42. The third-order valence-electron chi connectivity index (χ3n) is 4.07. The van der Waals surface area contributed by atoms with Gasteiger partial charge in [0.15, 0.2) is 14.7 Å². The third kappa shape index (κ3) is 14.8. The first kappa shape index (κ1) is 31.5. The van der Waals surface area contributed by atoms with Gasteiger partial charge in [0.1, 0.15) is 4.90 Å². The summed E-state index contributed by atoms with van der Waals surface area (Å²) in [4.78, 5) is 32.4. The molecule has 1 N–H and O–H groups in total. The fourth-order valence-electron chi connectivity index (χ4n) is 2.65. The molecular weight excluding hydrogens is 526 g/mol. The van der Waals surface area contributed by atoms with Crippen molar-refractivity contribution in [1.82, 2.24) is 0 Å². The molecule has 0 aliphatic carbocycles. The van der Waals surface area contributed by atoms with Crippen molar-refractivity contribution in [3.8, 4) is 0 Å². The largest absolute Gasteiger partial charge is 0.545 e. The van der Waals surface area contributed by atoms with Crippen LogP contribution in [0, 0.1) is 10.1 Å². The molecule has 0 aromatic heterocycles. The Morgan fingerprint density at radius 2 is 0.868 bits per heavy atom. The second kappa shape index (κ2) is 18.7. The zero-order chi connectivity index (χ0) is 28.2. The van der Waals surface area contributed by atoms with Crippen molar-refractivity contribution in [3.63, 3.8) is 0 Å². The van der Waals surface area contributed by atoms with E-state index >= 15 is 0 Å². The summed E-state index contributed by atoms with van der Waals surface area (Å²) in [5.41, 5.74) is 0. The number of carboxylic acid groups (broad SMARTS) is 2. The van der Waals surface area contributed by atoms with Gasteiger partial charge in [0.25, 0.3) is 5.09 Å². The molecule has 0 amide bonds. The van der Waals surface area contributed by atoms with Crippen LogP contribution in [0.15, 0.2) is 153 Å². The summed E-state index contributed by atoms with van der Waals surface area (Å²) < 4.78 is 0. The lowest BCUT2D eigenvalue weighted by molar-refractivity contribution is -0.742. The maximum Gasteiger partial charge on any atom is 0.291 e. The van der Waals surface area contributed by atoms with Crippen LogP contribution in [-0.4, -0.2) is 22.2 Å². The van der Waals surface area contributed by atoms with Gasteiger partial charge in [-0.25, -0.2) is 0 Å². The number of rotatable bonds is 5. The fourth-order valence-corrected chi connectivity index (χ4v) is 4.95. The Bertz CT molecular complexity index is 1140. The molecular formula is C28H25NO7S2. The Labute approximate surface area is 228 Å². The maximum absolute atomic E-state index is 9.41. The number of aliphatic carboxylic acids is 2. The molecule has 38 heavy (non-hydrogen) atoms. The summed E-state index contributed by atoms with van der Waals surface area (Å²) in [7, 11) is -0.0146. The average Bonchev–Trinajstić information content (AvgIpc) is 2.90. The molecule has 4 rings (SSSR count). The molecule has 0 unspecified atom stereocenters. The lowest BCUT2D eigenvalue weighted by Gasteiger charge is -2.07. The maximum atomic E-state index is 9.41. The lowest BCUT2D eigenvalue weighted by Crippen LogP contribution is -2.23. The predicted molar refractivity (Wildman–Crippen MR) is 144 cm³/mol. The van der Waals surface area contributed by atoms with Crippen LogP contribution >= 0.6 is 0 Å². The number of nitrogens with zero attached hydrogens (tertiary/aromatic N) is 1. The van der Waals surface area contributed by atoms with Gasteiger partial charge in [0, 0.05) is 0 Å². The highest BCUT2D eigenvalue weighted by Gasteiger charge is 2.27. The van der Waals surface area contributed by atoms with Gasteiger partial charge in [-0.05, 0) is 73.3 Å². The van der Waals surface area contributed by atoms with Crippen molar-refractivity contribution >= 4 is 35.5 Å². The van der Waals surface area contributed by atoms with Crippen molar-refractivity contribution in [2.45, 2.75) is 19.6 Å². The first-order chi connectivity index (χ1) is 18.2. The number of carbonyl (C=O) groups is 2. The monoisotopic (exact) mass is 551 g/mol. The standard InChI is InChI=1S/C18H15S.C6H6S.C4H4O4.HNO3/c1-4-10-16(11-5-1)19(17-12-6-2-7-13-17)18-14-8-3-9-15-18;7-6-4-2-1-3-5-6;5-3(6)1-2-4(7)8;2-1(3)4/h1-15H;1-5,7H;1-2H,(H,5,6)(H,7,8);(H,2,3,4)/q+1;;;/p-1/b;;2-1-;. The zero-order valence-corrected chi connectivity index (χ0v) is 21.8. The first-order valence-electron chi connectivity index (χ1n) is 10.8. The van der Waals surface area contributed by atoms with Gasteiger partial charge >= 0.3 is 0 Å². The van der Waals surface area contributed by atoms with Gasteiger partial charge in [-0.2, -0.15) is 0 Å². The van der Waals surface area contributed by atoms with E-state index in [9.17, 15) is 19.8 Å². The lowest BCUT2D eigenvalue weighted by atomic mass is 10.4. The van der Waals surface area contributed by atoms with Crippen LogP contribution < -0.4 is 10.2 Å². The summed E-state index contributed by atoms with van der Waals surface area (Å²) in [6.45, 7) is 0. The minimum Gasteiger partial charge on any atom is -0.545 e. The van der Waals surface area contributed by atoms with Crippen molar-refractivity contribution in [2.24, 2.45) is 0 Å². The van der Waals surface area contributed by atoms with E-state index in [1.54, 1.807) is 0 Å². The molecule has 196 valence electrons. The van der Waals surface area contributed by atoms with E-state index < -0.39 is 17.0 Å². The van der Waals surface area contributed by atoms with Crippen LogP contribution in [0.5, 0.6) is 0 Å². The van der Waals surface area contributed by atoms with Crippen LogP contribution in [0.2, 0.25) is 0 Å². The van der Waals surface area contributed by atoms with Gasteiger partial charge in [0.2, 0.25) is 0 Å². The number of hydrogen-bond donors (Lipinski definition) is 1. The van der Waals surface area contributed by atoms with E-state index in [1.807, 2.05) is 30.3 Å². The Morgan fingerprint density at radius 1 is 0.632 bits per heavy atom. The van der Waals surface area contributed by atoms with Gasteiger partial charge in [-0.15, -0.1) is 10.1 Å². The molecule has 0 saturated heterocycles. The van der Waals surface area contributed by atoms with Gasteiger partial charge in [0.05, 0.1) is 22.8 Å². The SMILES string of the molecule is O=C([O-])/C=C\C(=O)[O-].O=[N+]([O-])O.[SH2+]c1ccccc1.c1ccc([S+](c2ccccc2)c2ccccc2)cc1. The summed E-state index contributed by atoms with van der Waals surface area (Å²) in [6.07, 6.45) is 0.769. The highest BCUT2D eigenvalue weighted by molar-refractivity contribution is 7.97. The molecule has 0 spiro atoms. The minimum atomic E-state index is -1.55. The normalized spacial score (nSPS) is 9.53. The number of carbonyl (C=O) groups excluding carboxylic acids is 2. The molecule has 0 fully saturated rings. The minimum absolute atomic E-state index is 0.0146. The van der Waals surface area contributed by atoms with Crippen LogP contribution in [-0.2, 0) is 33.1 Å². The smallest absolute Gasteiger partial charge is 0.291 e. The van der Waals surface area contributed by atoms with E-state index in [1.165, 1.54) is 14.7 Å². The summed E-state index contributed by atoms with van der Waals surface area (Å²) in [5, 5.41) is 32.5. The summed E-state index contributed by atoms with van der Waals surface area (Å²) >= 11 is 3.36. The summed E-state index contributed by atoms with van der Waals surface area (Å²) in [5.74, 6) is -3.09. The Kier molecular flexibility index (Phi) is 15.5. The van der Waals surface area contributed by atoms with E-state index in [-0.39, 0.29) is 10.9 Å². The topological polar surface area (TPSA) is 144 Å². The van der Waals surface area contributed by atoms with E-state index in [0.29, 0.717) is 12.2 Å². The van der Waals surface area contributed by atoms with E-state index in [4.69, 9.17) is 15.3 Å². The average molecular weight is 552 g/mol. The van der Waals surface area contributed by atoms with Gasteiger partial charge < -0.3 is 25.0 Å². The number of hydrogen-bond acceptors (Lipinski definition) is 6. The first-order valence-corrected chi connectivity index (χ1v) is 12.5. The van der Waals surface area contributed by atoms with Crippen LogP contribution in [0.1, 0.15) is 0 Å². The Hall–Kier alpha value is -4.54. The van der Waals surface area contributed by atoms with Crippen LogP contribution in [0.25, 0.3) is 0 Å². The van der Waals surface area contributed by atoms with Crippen molar-refractivity contribution in [3.05, 3.63) is 144 Å². The van der Waals surface area contributed by atoms with Crippen molar-refractivity contribution in [1.29, 1.82) is 0 Å². The molecule has 0 heterocycles. The Balaban J connectivity index is 0.000000314. The van der Waals surface area contributed by atoms with E-state index in [2.05, 4.69) is 104 Å². The number of carboxylic acids is 2. The molecule has 8 nitrogen and oxygen atoms in total. The Morgan fingerprint density at radius 3 is 1.05 bits per heavy atom. The van der Waals surface area contributed by atoms with Gasteiger partial charge in [-0.3, -0.25) is 0 Å². The summed E-state index contributed by atoms with van der Waals surface area (Å²) in [6, 6.07) is 42.1. The number of benzene rings is 4. The highest BCUT2D eigenvalue weighted by Crippen LogP contribution is 2.30. The van der Waals surface area contributed by atoms with Crippen molar-refractivity contribution < 1.29 is 30.1 Å². The van der Waals surface area contributed by atoms with Crippen LogP contribution in [0.4, 0.5) is 0 Å². The quantitative estimate of drug-likeness (QED) is 0.174. The van der Waals surface area contributed by atoms with E-state index in [0.717, 1.165) is 4.90 Å². The molecule has 4 aromatic carbocycles. The zero-order valence-electron chi connectivity index (χ0n) is 20.0. The van der Waals surface area contributed by atoms with Crippen molar-refractivity contribution in [2.75, 3.05) is 0 Å². The molecule has 0 bridgehead atoms.